The molecule has 0 aliphatic carbocycles. The van der Waals surface area contributed by atoms with Crippen molar-refractivity contribution < 1.29 is 9.63 Å². The van der Waals surface area contributed by atoms with Gasteiger partial charge in [-0.3, -0.25) is 9.63 Å². The summed E-state index contributed by atoms with van der Waals surface area (Å²) in [5, 5.41) is 7.26. The molecule has 1 aromatic heterocycles. The van der Waals surface area contributed by atoms with E-state index in [1.165, 1.54) is 6.07 Å². The van der Waals surface area contributed by atoms with Crippen molar-refractivity contribution in [1.29, 1.82) is 0 Å². The van der Waals surface area contributed by atoms with Crippen molar-refractivity contribution in [3.05, 3.63) is 21.9 Å². The molecule has 0 unspecified atom stereocenters. The van der Waals surface area contributed by atoms with Gasteiger partial charge in [0.05, 0.1) is 11.6 Å². The van der Waals surface area contributed by atoms with E-state index in [2.05, 4.69) is 20.5 Å². The highest BCUT2D eigenvalue weighted by atomic mass is 35.5. The number of halogens is 2. The first-order chi connectivity index (χ1) is 6.65. The Morgan fingerprint density at radius 2 is 2.29 bits per heavy atom. The lowest BCUT2D eigenvalue weighted by Crippen LogP contribution is -2.25. The summed E-state index contributed by atoms with van der Waals surface area (Å²) in [4.78, 5) is 15.9. The van der Waals surface area contributed by atoms with Gasteiger partial charge >= 0.3 is 0 Å². The molecular weight excluding hydrogens is 229 g/mol. The van der Waals surface area contributed by atoms with Crippen molar-refractivity contribution in [1.82, 2.24) is 15.7 Å². The van der Waals surface area contributed by atoms with Crippen molar-refractivity contribution in [2.45, 2.75) is 6.92 Å². The molecule has 0 atom stereocenters. The molecule has 0 aliphatic heterocycles. The Morgan fingerprint density at radius 3 is 2.86 bits per heavy atom. The summed E-state index contributed by atoms with van der Waals surface area (Å²) in [5.41, 5.74) is 2.12. The first-order valence-corrected chi connectivity index (χ1v) is 4.51. The van der Waals surface area contributed by atoms with Crippen LogP contribution in [0.15, 0.2) is 6.07 Å². The first kappa shape index (κ1) is 11.2. The molecule has 0 fully saturated rings. The standard InChI is InChI=1S/C7H7Cl2N3O2/c1-2-14-12-7(13)6-4(8)3-5(9)10-11-6/h3H,2H2,1H3,(H,12,13). The van der Waals surface area contributed by atoms with Gasteiger partial charge in [-0.1, -0.05) is 23.2 Å². The van der Waals surface area contributed by atoms with Gasteiger partial charge in [0, 0.05) is 0 Å². The molecule has 0 saturated carbocycles. The quantitative estimate of drug-likeness (QED) is 0.807. The monoisotopic (exact) mass is 235 g/mol. The second-order valence-corrected chi connectivity index (χ2v) is 3.02. The molecular formula is C7H7Cl2N3O2. The molecule has 0 aromatic carbocycles. The van der Waals surface area contributed by atoms with Crippen molar-refractivity contribution in [2.75, 3.05) is 6.61 Å². The van der Waals surface area contributed by atoms with E-state index in [4.69, 9.17) is 23.2 Å². The number of nitrogens with one attached hydrogen (secondary N) is 1. The fraction of sp³-hybridized carbons (Fsp3) is 0.286. The zero-order chi connectivity index (χ0) is 10.6. The molecule has 0 bridgehead atoms. The minimum atomic E-state index is -0.555. The summed E-state index contributed by atoms with van der Waals surface area (Å²) in [7, 11) is 0. The zero-order valence-electron chi connectivity index (χ0n) is 7.25. The Labute approximate surface area is 90.3 Å². The highest BCUT2D eigenvalue weighted by molar-refractivity contribution is 6.35. The van der Waals surface area contributed by atoms with E-state index in [1.807, 2.05) is 0 Å². The molecule has 5 nitrogen and oxygen atoms in total. The van der Waals surface area contributed by atoms with Crippen molar-refractivity contribution >= 4 is 29.1 Å². The third-order valence-electron chi connectivity index (χ3n) is 1.24. The molecule has 1 heterocycles. The van der Waals surface area contributed by atoms with Gasteiger partial charge in [0.1, 0.15) is 0 Å². The first-order valence-electron chi connectivity index (χ1n) is 3.76. The van der Waals surface area contributed by atoms with Crippen LogP contribution < -0.4 is 5.48 Å². The number of amides is 1. The van der Waals surface area contributed by atoms with Gasteiger partial charge in [0.15, 0.2) is 10.8 Å². The summed E-state index contributed by atoms with van der Waals surface area (Å²) < 4.78 is 0. The molecule has 1 rings (SSSR count). The number of nitrogens with zero attached hydrogens (tertiary/aromatic N) is 2. The predicted molar refractivity (Wildman–Crippen MR) is 51.1 cm³/mol. The van der Waals surface area contributed by atoms with Gasteiger partial charge in [0.2, 0.25) is 0 Å². The lowest BCUT2D eigenvalue weighted by atomic mass is 10.4. The van der Waals surface area contributed by atoms with Crippen LogP contribution in [0, 0.1) is 0 Å². The van der Waals surface area contributed by atoms with Gasteiger partial charge in [0.25, 0.3) is 5.91 Å². The molecule has 0 spiro atoms. The normalized spacial score (nSPS) is 9.93. The van der Waals surface area contributed by atoms with Crippen LogP contribution in [0.5, 0.6) is 0 Å². The van der Waals surface area contributed by atoms with Gasteiger partial charge in [-0.25, -0.2) is 5.48 Å². The van der Waals surface area contributed by atoms with Crippen LogP contribution >= 0.6 is 23.2 Å². The molecule has 0 radical (unpaired) electrons. The van der Waals surface area contributed by atoms with Crippen LogP contribution in [0.4, 0.5) is 0 Å². The average Bonchev–Trinajstić information content (AvgIpc) is 2.14. The van der Waals surface area contributed by atoms with E-state index in [9.17, 15) is 4.79 Å². The molecule has 0 aliphatic rings. The molecule has 14 heavy (non-hydrogen) atoms. The van der Waals surface area contributed by atoms with E-state index >= 15 is 0 Å². The number of carbonyl (C=O) groups is 1. The van der Waals surface area contributed by atoms with E-state index < -0.39 is 5.91 Å². The lowest BCUT2D eigenvalue weighted by molar-refractivity contribution is 0.0359. The summed E-state index contributed by atoms with van der Waals surface area (Å²) in [6, 6.07) is 1.33. The van der Waals surface area contributed by atoms with E-state index in [0.717, 1.165) is 0 Å². The third-order valence-corrected chi connectivity index (χ3v) is 1.71. The SMILES string of the molecule is CCONC(=O)c1nnc(Cl)cc1Cl. The Bertz CT molecular complexity index is 346. The smallest absolute Gasteiger partial charge is 0.274 e. The summed E-state index contributed by atoms with van der Waals surface area (Å²) in [6.07, 6.45) is 0. The van der Waals surface area contributed by atoms with Gasteiger partial charge in [-0.2, -0.15) is 0 Å². The lowest BCUT2D eigenvalue weighted by Gasteiger charge is -2.03. The number of rotatable bonds is 3. The molecule has 7 heteroatoms. The largest absolute Gasteiger partial charge is 0.296 e. The number of carbonyl (C=O) groups excluding carboxylic acids is 1. The fourth-order valence-corrected chi connectivity index (χ4v) is 1.12. The van der Waals surface area contributed by atoms with Gasteiger partial charge in [-0.05, 0) is 13.0 Å². The highest BCUT2D eigenvalue weighted by Crippen LogP contribution is 2.15. The Kier molecular flexibility index (Phi) is 4.06. The maximum Gasteiger partial charge on any atom is 0.296 e. The minimum absolute atomic E-state index is 0.0236. The van der Waals surface area contributed by atoms with Gasteiger partial charge < -0.3 is 0 Å². The van der Waals surface area contributed by atoms with E-state index in [-0.39, 0.29) is 15.9 Å². The molecule has 1 aromatic rings. The van der Waals surface area contributed by atoms with Crippen molar-refractivity contribution in [2.24, 2.45) is 0 Å². The van der Waals surface area contributed by atoms with Crippen LogP contribution in [0.2, 0.25) is 10.2 Å². The number of hydrogen-bond donors (Lipinski definition) is 1. The Balaban J connectivity index is 2.80. The summed E-state index contributed by atoms with van der Waals surface area (Å²) in [6.45, 7) is 2.08. The average molecular weight is 236 g/mol. The van der Waals surface area contributed by atoms with Gasteiger partial charge in [-0.15, -0.1) is 10.2 Å². The second-order valence-electron chi connectivity index (χ2n) is 2.23. The van der Waals surface area contributed by atoms with E-state index in [1.54, 1.807) is 6.92 Å². The highest BCUT2D eigenvalue weighted by Gasteiger charge is 2.13. The number of aromatic nitrogens is 2. The van der Waals surface area contributed by atoms with Crippen LogP contribution in [0.3, 0.4) is 0 Å². The number of hydroxylamine groups is 1. The maximum atomic E-state index is 11.3. The van der Waals surface area contributed by atoms with Crippen LogP contribution in [-0.2, 0) is 4.84 Å². The zero-order valence-corrected chi connectivity index (χ0v) is 8.76. The van der Waals surface area contributed by atoms with Crippen molar-refractivity contribution in [3.63, 3.8) is 0 Å². The summed E-state index contributed by atoms with van der Waals surface area (Å²) >= 11 is 11.2. The summed E-state index contributed by atoms with van der Waals surface area (Å²) in [5.74, 6) is -0.555. The van der Waals surface area contributed by atoms with E-state index in [0.29, 0.717) is 6.61 Å². The molecule has 0 saturated heterocycles. The fourth-order valence-electron chi connectivity index (χ4n) is 0.687. The minimum Gasteiger partial charge on any atom is -0.274 e. The van der Waals surface area contributed by atoms with Crippen LogP contribution in [0.25, 0.3) is 0 Å². The van der Waals surface area contributed by atoms with Crippen LogP contribution in [0.1, 0.15) is 17.4 Å². The third kappa shape index (κ3) is 2.80. The molecule has 76 valence electrons. The Hall–Kier alpha value is -0.910. The van der Waals surface area contributed by atoms with Crippen LogP contribution in [-0.4, -0.2) is 22.7 Å². The molecule has 1 amide bonds. The molecule has 1 N–H and O–H groups in total. The number of hydrogen-bond acceptors (Lipinski definition) is 4. The van der Waals surface area contributed by atoms with Crippen molar-refractivity contribution in [3.8, 4) is 0 Å². The predicted octanol–water partition coefficient (Wildman–Crippen LogP) is 1.46. The second kappa shape index (κ2) is 5.09. The Morgan fingerprint density at radius 1 is 1.57 bits per heavy atom. The maximum absolute atomic E-state index is 11.3. The topological polar surface area (TPSA) is 64.1 Å².